The number of amides is 1. The van der Waals surface area contributed by atoms with E-state index in [1.54, 1.807) is 26.0 Å². The number of carbonyl (C=O) groups excluding carboxylic acids is 1. The summed E-state index contributed by atoms with van der Waals surface area (Å²) in [4.78, 5) is 16.9. The largest absolute Gasteiger partial charge is 0.448 e. The summed E-state index contributed by atoms with van der Waals surface area (Å²) in [6, 6.07) is 13.4. The van der Waals surface area contributed by atoms with Crippen LogP contribution in [0.4, 0.5) is 4.39 Å². The van der Waals surface area contributed by atoms with Gasteiger partial charge in [0.15, 0.2) is 17.2 Å². The molecule has 2 aromatic heterocycles. The van der Waals surface area contributed by atoms with Crippen molar-refractivity contribution in [2.45, 2.75) is 19.9 Å². The maximum absolute atomic E-state index is 13.9. The highest BCUT2D eigenvalue weighted by Crippen LogP contribution is 2.27. The van der Waals surface area contributed by atoms with Crippen LogP contribution in [-0.4, -0.2) is 16.0 Å². The molecule has 0 fully saturated rings. The van der Waals surface area contributed by atoms with Gasteiger partial charge in [-0.25, -0.2) is 4.39 Å². The smallest absolute Gasteiger partial charge is 0.287 e. The zero-order valence-corrected chi connectivity index (χ0v) is 14.7. The van der Waals surface area contributed by atoms with Crippen LogP contribution in [0, 0.1) is 12.7 Å². The van der Waals surface area contributed by atoms with E-state index < -0.39 is 17.8 Å². The van der Waals surface area contributed by atoms with Gasteiger partial charge in [-0.05, 0) is 19.9 Å². The summed E-state index contributed by atoms with van der Waals surface area (Å²) in [7, 11) is 0. The highest BCUT2D eigenvalue weighted by molar-refractivity contribution is 5.99. The van der Waals surface area contributed by atoms with Gasteiger partial charge in [0.05, 0.1) is 0 Å². The topological polar surface area (TPSA) is 81.2 Å². The Balaban J connectivity index is 1.56. The molecule has 7 heteroatoms. The first-order valence-corrected chi connectivity index (χ1v) is 8.42. The molecule has 0 unspecified atom stereocenters. The number of hydrogen-bond donors (Lipinski definition) is 1. The molecule has 0 radical (unpaired) electrons. The summed E-state index contributed by atoms with van der Waals surface area (Å²) >= 11 is 0. The average molecular weight is 365 g/mol. The number of fused-ring (bicyclic) bond motifs is 1. The maximum Gasteiger partial charge on any atom is 0.287 e. The Morgan fingerprint density at radius 3 is 2.67 bits per heavy atom. The molecule has 4 aromatic rings. The van der Waals surface area contributed by atoms with E-state index in [1.165, 1.54) is 6.07 Å². The number of aryl methyl sites for hydroxylation is 1. The van der Waals surface area contributed by atoms with Crippen LogP contribution in [0.5, 0.6) is 0 Å². The fourth-order valence-electron chi connectivity index (χ4n) is 2.86. The second kappa shape index (κ2) is 6.68. The number of benzene rings is 2. The van der Waals surface area contributed by atoms with Crippen molar-refractivity contribution in [1.82, 2.24) is 15.5 Å². The van der Waals surface area contributed by atoms with Crippen molar-refractivity contribution in [3.63, 3.8) is 0 Å². The Kier molecular flexibility index (Phi) is 4.19. The lowest BCUT2D eigenvalue weighted by Gasteiger charge is -2.08. The van der Waals surface area contributed by atoms with E-state index in [-0.39, 0.29) is 17.2 Å². The van der Waals surface area contributed by atoms with Gasteiger partial charge in [-0.3, -0.25) is 4.79 Å². The van der Waals surface area contributed by atoms with Gasteiger partial charge in [-0.1, -0.05) is 47.6 Å². The standard InChI is InChI=1S/C20H16FN3O3/c1-11-14-9-6-10-15(21)17(14)26-16(11)19(25)22-12(2)20-23-18(24-27-20)13-7-4-3-5-8-13/h3-10,12H,1-2H3,(H,22,25)/t12-/m0/s1. The number of hydrogen-bond acceptors (Lipinski definition) is 5. The van der Waals surface area contributed by atoms with Crippen molar-refractivity contribution in [2.24, 2.45) is 0 Å². The zero-order chi connectivity index (χ0) is 19.0. The van der Waals surface area contributed by atoms with Gasteiger partial charge >= 0.3 is 0 Å². The molecule has 1 amide bonds. The molecule has 136 valence electrons. The van der Waals surface area contributed by atoms with Gasteiger partial charge in [-0.2, -0.15) is 4.98 Å². The first kappa shape index (κ1) is 17.0. The Bertz CT molecular complexity index is 1120. The second-order valence-corrected chi connectivity index (χ2v) is 6.19. The van der Waals surface area contributed by atoms with Crippen LogP contribution < -0.4 is 5.32 Å². The molecule has 2 heterocycles. The lowest BCUT2D eigenvalue weighted by atomic mass is 10.1. The summed E-state index contributed by atoms with van der Waals surface area (Å²) in [5.74, 6) is -0.220. The van der Waals surface area contributed by atoms with Crippen LogP contribution >= 0.6 is 0 Å². The zero-order valence-electron chi connectivity index (χ0n) is 14.7. The van der Waals surface area contributed by atoms with Crippen LogP contribution in [0.2, 0.25) is 0 Å². The van der Waals surface area contributed by atoms with Gasteiger partial charge in [0.2, 0.25) is 11.7 Å². The molecular weight excluding hydrogens is 349 g/mol. The van der Waals surface area contributed by atoms with Gasteiger partial charge in [0, 0.05) is 16.5 Å². The number of furan rings is 1. The summed E-state index contributed by atoms with van der Waals surface area (Å²) in [5, 5.41) is 7.25. The lowest BCUT2D eigenvalue weighted by molar-refractivity contribution is 0.0905. The Labute approximate surface area is 154 Å². The molecule has 0 bridgehead atoms. The quantitative estimate of drug-likeness (QED) is 0.579. The third-order valence-corrected chi connectivity index (χ3v) is 4.31. The van der Waals surface area contributed by atoms with Crippen molar-refractivity contribution in [3.05, 3.63) is 71.6 Å². The minimum Gasteiger partial charge on any atom is -0.448 e. The van der Waals surface area contributed by atoms with Gasteiger partial charge in [0.1, 0.15) is 6.04 Å². The molecule has 0 aliphatic carbocycles. The summed E-state index contributed by atoms with van der Waals surface area (Å²) in [6.45, 7) is 3.43. The summed E-state index contributed by atoms with van der Waals surface area (Å²) in [6.07, 6.45) is 0. The van der Waals surface area contributed by atoms with E-state index in [0.29, 0.717) is 16.8 Å². The minimum absolute atomic E-state index is 0.0600. The van der Waals surface area contributed by atoms with Crippen molar-refractivity contribution in [1.29, 1.82) is 0 Å². The predicted molar refractivity (Wildman–Crippen MR) is 96.5 cm³/mol. The van der Waals surface area contributed by atoms with Crippen molar-refractivity contribution >= 4 is 16.9 Å². The molecule has 27 heavy (non-hydrogen) atoms. The Morgan fingerprint density at radius 2 is 1.93 bits per heavy atom. The van der Waals surface area contributed by atoms with Crippen molar-refractivity contribution in [3.8, 4) is 11.4 Å². The number of nitrogens with zero attached hydrogens (tertiary/aromatic N) is 2. The number of aromatic nitrogens is 2. The fourth-order valence-corrected chi connectivity index (χ4v) is 2.86. The van der Waals surface area contributed by atoms with E-state index >= 15 is 0 Å². The molecular formula is C20H16FN3O3. The number of carbonyl (C=O) groups is 1. The monoisotopic (exact) mass is 365 g/mol. The first-order valence-electron chi connectivity index (χ1n) is 8.42. The number of halogens is 1. The van der Waals surface area contributed by atoms with Crippen LogP contribution in [0.1, 0.15) is 35.0 Å². The van der Waals surface area contributed by atoms with E-state index in [0.717, 1.165) is 5.56 Å². The van der Waals surface area contributed by atoms with Crippen LogP contribution in [0.3, 0.4) is 0 Å². The van der Waals surface area contributed by atoms with E-state index in [4.69, 9.17) is 8.94 Å². The van der Waals surface area contributed by atoms with Crippen LogP contribution in [-0.2, 0) is 0 Å². The second-order valence-electron chi connectivity index (χ2n) is 6.19. The molecule has 4 rings (SSSR count). The van der Waals surface area contributed by atoms with Crippen LogP contribution in [0.25, 0.3) is 22.4 Å². The van der Waals surface area contributed by atoms with Crippen molar-refractivity contribution < 1.29 is 18.1 Å². The maximum atomic E-state index is 13.9. The Morgan fingerprint density at radius 1 is 1.15 bits per heavy atom. The summed E-state index contributed by atoms with van der Waals surface area (Å²) < 4.78 is 24.6. The molecule has 6 nitrogen and oxygen atoms in total. The van der Waals surface area contributed by atoms with Crippen LogP contribution in [0.15, 0.2) is 57.5 Å². The third-order valence-electron chi connectivity index (χ3n) is 4.31. The molecule has 1 N–H and O–H groups in total. The summed E-state index contributed by atoms with van der Waals surface area (Å²) in [5.41, 5.74) is 1.45. The SMILES string of the molecule is Cc1c(C(=O)N[C@@H](C)c2nc(-c3ccccc3)no2)oc2c(F)cccc12. The van der Waals surface area contributed by atoms with E-state index in [1.807, 2.05) is 30.3 Å². The average Bonchev–Trinajstić information content (AvgIpc) is 3.29. The normalized spacial score (nSPS) is 12.3. The number of rotatable bonds is 4. The minimum atomic E-state index is -0.542. The van der Waals surface area contributed by atoms with Gasteiger partial charge < -0.3 is 14.3 Å². The molecule has 0 spiro atoms. The van der Waals surface area contributed by atoms with E-state index in [9.17, 15) is 9.18 Å². The van der Waals surface area contributed by atoms with Crippen molar-refractivity contribution in [2.75, 3.05) is 0 Å². The number of nitrogens with one attached hydrogen (secondary N) is 1. The lowest BCUT2D eigenvalue weighted by Crippen LogP contribution is -2.27. The molecule has 0 aliphatic heterocycles. The highest BCUT2D eigenvalue weighted by atomic mass is 19.1. The molecule has 0 saturated heterocycles. The molecule has 0 saturated carbocycles. The Hall–Kier alpha value is -3.48. The highest BCUT2D eigenvalue weighted by Gasteiger charge is 2.23. The number of para-hydroxylation sites is 1. The molecule has 0 aliphatic rings. The van der Waals surface area contributed by atoms with Gasteiger partial charge in [0.25, 0.3) is 5.91 Å². The molecule has 1 atom stereocenters. The predicted octanol–water partition coefficient (Wildman–Crippen LogP) is 4.42. The van der Waals surface area contributed by atoms with E-state index in [2.05, 4.69) is 15.5 Å². The third kappa shape index (κ3) is 3.08. The first-order chi connectivity index (χ1) is 13.0. The van der Waals surface area contributed by atoms with Gasteiger partial charge in [-0.15, -0.1) is 0 Å². The fraction of sp³-hybridized carbons (Fsp3) is 0.150. The molecule has 2 aromatic carbocycles.